The zero-order valence-corrected chi connectivity index (χ0v) is 18.0. The van der Waals surface area contributed by atoms with E-state index >= 15 is 4.39 Å². The Labute approximate surface area is 184 Å². The second-order valence-corrected chi connectivity index (χ2v) is 8.14. The van der Waals surface area contributed by atoms with E-state index in [2.05, 4.69) is 4.99 Å². The lowest BCUT2D eigenvalue weighted by molar-refractivity contribution is -0.131. The maximum absolute atomic E-state index is 15.3. The molecule has 0 saturated carbocycles. The van der Waals surface area contributed by atoms with E-state index in [9.17, 15) is 9.18 Å². The fourth-order valence-corrected chi connectivity index (χ4v) is 4.15. The molecule has 0 spiro atoms. The Kier molecular flexibility index (Phi) is 6.74. The summed E-state index contributed by atoms with van der Waals surface area (Å²) in [6, 6.07) is 9.15. The van der Waals surface area contributed by atoms with Crippen LogP contribution in [0.5, 0.6) is 0 Å². The van der Waals surface area contributed by atoms with Gasteiger partial charge in [-0.3, -0.25) is 9.79 Å². The highest BCUT2D eigenvalue weighted by Crippen LogP contribution is 2.41. The maximum atomic E-state index is 15.3. The number of rotatable bonds is 5. The number of amides is 1. The third-order valence-electron chi connectivity index (χ3n) is 5.03. The van der Waals surface area contributed by atoms with Gasteiger partial charge in [0, 0.05) is 36.3 Å². The zero-order valence-electron chi connectivity index (χ0n) is 16.5. The van der Waals surface area contributed by atoms with E-state index in [1.54, 1.807) is 44.3 Å². The number of carbonyl (C=O) groups excluding carboxylic acids is 1. The van der Waals surface area contributed by atoms with E-state index in [4.69, 9.17) is 23.2 Å². The van der Waals surface area contributed by atoms with E-state index in [0.717, 1.165) is 11.8 Å². The van der Waals surface area contributed by atoms with Gasteiger partial charge in [-0.15, -0.1) is 0 Å². The van der Waals surface area contributed by atoms with E-state index in [0.29, 0.717) is 21.2 Å². The van der Waals surface area contributed by atoms with Gasteiger partial charge in [-0.1, -0.05) is 35.3 Å². The van der Waals surface area contributed by atoms with Crippen LogP contribution in [0.4, 0.5) is 8.78 Å². The van der Waals surface area contributed by atoms with Gasteiger partial charge < -0.3 is 4.90 Å². The lowest BCUT2D eigenvalue weighted by atomic mass is 9.74. The molecule has 0 aliphatic carbocycles. The molecule has 1 heterocycles. The molecule has 7 heteroatoms. The van der Waals surface area contributed by atoms with Gasteiger partial charge in [0.25, 0.3) is 0 Å². The Morgan fingerprint density at radius 1 is 1.13 bits per heavy atom. The van der Waals surface area contributed by atoms with Crippen molar-refractivity contribution in [1.82, 2.24) is 4.90 Å². The van der Waals surface area contributed by atoms with Crippen molar-refractivity contribution in [2.75, 3.05) is 7.05 Å². The first kappa shape index (κ1) is 22.2. The highest BCUT2D eigenvalue weighted by molar-refractivity contribution is 6.34. The minimum absolute atomic E-state index is 0.188. The maximum Gasteiger partial charge on any atom is 0.224 e. The highest BCUT2D eigenvalue weighted by Gasteiger charge is 2.39. The van der Waals surface area contributed by atoms with Crippen LogP contribution in [-0.2, 0) is 16.8 Å². The SMILES string of the molecule is Cc1cc(F)ccc1C1(CC(=O)N(C)Cc2cc(Cl)cc(Cl)c2)C=CC=NC=C1F. The van der Waals surface area contributed by atoms with Crippen LogP contribution in [0.15, 0.2) is 65.6 Å². The van der Waals surface area contributed by atoms with Gasteiger partial charge in [-0.05, 0) is 60.0 Å². The predicted octanol–water partition coefficient (Wildman–Crippen LogP) is 6.18. The molecule has 0 bridgehead atoms. The quantitative estimate of drug-likeness (QED) is 0.537. The predicted molar refractivity (Wildman–Crippen MR) is 117 cm³/mol. The van der Waals surface area contributed by atoms with Gasteiger partial charge >= 0.3 is 0 Å². The standard InChI is InChI=1S/C23H20Cl2F2N2O/c1-15-8-19(26)4-5-20(15)23(6-3-7-28-13-21(23)27)12-22(30)29(2)14-16-9-17(24)11-18(25)10-16/h3-11,13H,12,14H2,1-2H3. The average molecular weight is 449 g/mol. The molecule has 0 saturated heterocycles. The molecule has 1 unspecified atom stereocenters. The first-order valence-corrected chi connectivity index (χ1v) is 9.99. The normalized spacial score (nSPS) is 18.1. The number of aliphatic imine (C=N–C) groups is 1. The summed E-state index contributed by atoms with van der Waals surface area (Å²) in [5.74, 6) is -1.31. The smallest absolute Gasteiger partial charge is 0.224 e. The molecule has 3 nitrogen and oxygen atoms in total. The second-order valence-electron chi connectivity index (χ2n) is 7.27. The number of halogens is 4. The van der Waals surface area contributed by atoms with Crippen molar-refractivity contribution in [1.29, 1.82) is 0 Å². The van der Waals surface area contributed by atoms with Crippen LogP contribution in [0.25, 0.3) is 0 Å². The summed E-state index contributed by atoms with van der Waals surface area (Å²) >= 11 is 12.1. The molecule has 2 aromatic carbocycles. The van der Waals surface area contributed by atoms with Gasteiger partial charge in [-0.25, -0.2) is 8.78 Å². The Balaban J connectivity index is 1.94. The van der Waals surface area contributed by atoms with Crippen molar-refractivity contribution in [3.63, 3.8) is 0 Å². The number of allylic oxidation sites excluding steroid dienone is 3. The number of aryl methyl sites for hydroxylation is 1. The summed E-state index contributed by atoms with van der Waals surface area (Å²) in [4.78, 5) is 18.5. The van der Waals surface area contributed by atoms with E-state index < -0.39 is 17.1 Å². The molecule has 1 amide bonds. The van der Waals surface area contributed by atoms with Crippen molar-refractivity contribution in [3.8, 4) is 0 Å². The van der Waals surface area contributed by atoms with Gasteiger partial charge in [0.1, 0.15) is 11.6 Å². The second kappa shape index (κ2) is 9.11. The summed E-state index contributed by atoms with van der Waals surface area (Å²) in [5, 5.41) is 0.934. The van der Waals surface area contributed by atoms with Crippen molar-refractivity contribution < 1.29 is 13.6 Å². The Hall–Kier alpha value is -2.50. The number of hydrogen-bond donors (Lipinski definition) is 0. The third-order valence-corrected chi connectivity index (χ3v) is 5.47. The fraction of sp³-hybridized carbons (Fsp3) is 0.217. The minimum Gasteiger partial charge on any atom is -0.341 e. The molecule has 1 atom stereocenters. The number of nitrogens with zero attached hydrogens (tertiary/aromatic N) is 2. The first-order valence-electron chi connectivity index (χ1n) is 9.24. The molecule has 0 N–H and O–H groups in total. The summed E-state index contributed by atoms with van der Waals surface area (Å²) in [6.45, 7) is 1.94. The fourth-order valence-electron chi connectivity index (χ4n) is 3.58. The van der Waals surface area contributed by atoms with Gasteiger partial charge in [0.15, 0.2) is 0 Å². The van der Waals surface area contributed by atoms with Crippen LogP contribution in [0.2, 0.25) is 10.0 Å². The van der Waals surface area contributed by atoms with Crippen molar-refractivity contribution in [2.24, 2.45) is 4.99 Å². The highest BCUT2D eigenvalue weighted by atomic mass is 35.5. The summed E-state index contributed by atoms with van der Waals surface area (Å²) in [5.41, 5.74) is 0.422. The van der Waals surface area contributed by atoms with Crippen LogP contribution in [-0.4, -0.2) is 24.1 Å². The molecule has 1 aliphatic rings. The van der Waals surface area contributed by atoms with Crippen molar-refractivity contribution in [3.05, 3.63) is 93.1 Å². The van der Waals surface area contributed by atoms with Gasteiger partial charge in [0.05, 0.1) is 11.6 Å². The lowest BCUT2D eigenvalue weighted by Gasteiger charge is -2.32. The molecule has 30 heavy (non-hydrogen) atoms. The van der Waals surface area contributed by atoms with Crippen LogP contribution in [0.3, 0.4) is 0 Å². The van der Waals surface area contributed by atoms with Crippen LogP contribution in [0, 0.1) is 12.7 Å². The van der Waals surface area contributed by atoms with Crippen molar-refractivity contribution >= 4 is 35.3 Å². The summed E-state index contributed by atoms with van der Waals surface area (Å²) < 4.78 is 28.9. The van der Waals surface area contributed by atoms with E-state index in [1.807, 2.05) is 0 Å². The number of benzene rings is 2. The molecule has 2 aromatic rings. The van der Waals surface area contributed by atoms with Gasteiger partial charge in [-0.2, -0.15) is 0 Å². The lowest BCUT2D eigenvalue weighted by Crippen LogP contribution is -2.36. The average Bonchev–Trinajstić information content (AvgIpc) is 2.83. The Morgan fingerprint density at radius 2 is 1.83 bits per heavy atom. The molecule has 1 aliphatic heterocycles. The molecular weight excluding hydrogens is 429 g/mol. The monoisotopic (exact) mass is 448 g/mol. The van der Waals surface area contributed by atoms with Crippen LogP contribution >= 0.6 is 23.2 Å². The van der Waals surface area contributed by atoms with E-state index in [1.165, 1.54) is 29.3 Å². The van der Waals surface area contributed by atoms with Crippen molar-refractivity contribution in [2.45, 2.75) is 25.3 Å². The Bertz CT molecular complexity index is 1040. The first-order chi connectivity index (χ1) is 14.2. The third kappa shape index (κ3) is 4.79. The molecule has 0 aromatic heterocycles. The Morgan fingerprint density at radius 3 is 2.50 bits per heavy atom. The topological polar surface area (TPSA) is 32.7 Å². The minimum atomic E-state index is -1.38. The largest absolute Gasteiger partial charge is 0.341 e. The summed E-state index contributed by atoms with van der Waals surface area (Å²) in [7, 11) is 1.63. The molecule has 3 rings (SSSR count). The molecular formula is C23H20Cl2F2N2O. The number of hydrogen-bond acceptors (Lipinski definition) is 2. The van der Waals surface area contributed by atoms with Crippen LogP contribution < -0.4 is 0 Å². The molecule has 0 radical (unpaired) electrons. The van der Waals surface area contributed by atoms with Gasteiger partial charge in [0.2, 0.25) is 5.91 Å². The van der Waals surface area contributed by atoms with E-state index in [-0.39, 0.29) is 18.9 Å². The molecule has 0 fully saturated rings. The summed E-state index contributed by atoms with van der Waals surface area (Å²) in [6.07, 6.45) is 5.54. The van der Waals surface area contributed by atoms with Crippen LogP contribution in [0.1, 0.15) is 23.1 Å². The zero-order chi connectivity index (χ0) is 21.9. The molecule has 156 valence electrons. The number of carbonyl (C=O) groups is 1.